The highest BCUT2D eigenvalue weighted by atomic mass is 32.1. The number of ether oxygens (including phenoxy) is 1. The van der Waals surface area contributed by atoms with Crippen LogP contribution in [0.3, 0.4) is 0 Å². The van der Waals surface area contributed by atoms with Gasteiger partial charge in [-0.3, -0.25) is 4.79 Å². The Morgan fingerprint density at radius 2 is 2.16 bits per heavy atom. The molecule has 1 aromatic carbocycles. The van der Waals surface area contributed by atoms with Crippen molar-refractivity contribution in [1.29, 1.82) is 0 Å². The fraction of sp³-hybridized carbons (Fsp3) is 0.333. The van der Waals surface area contributed by atoms with E-state index in [1.807, 2.05) is 13.8 Å². The maximum atomic E-state index is 12.2. The Hall–Kier alpha value is -2.54. The van der Waals surface area contributed by atoms with Crippen molar-refractivity contribution >= 4 is 44.7 Å². The molecule has 25 heavy (non-hydrogen) atoms. The second kappa shape index (κ2) is 6.40. The van der Waals surface area contributed by atoms with Crippen molar-refractivity contribution in [1.82, 2.24) is 4.98 Å². The lowest BCUT2D eigenvalue weighted by Crippen LogP contribution is -2.26. The molecule has 0 aliphatic heterocycles. The summed E-state index contributed by atoms with van der Waals surface area (Å²) in [6.07, 6.45) is 2.20. The minimum absolute atomic E-state index is 0.0686. The van der Waals surface area contributed by atoms with Crippen LogP contribution in [0.5, 0.6) is 0 Å². The standard InChI is InChI=1S/C18H18N2O4S/c1-18(2)7-13(21)11(14(22)8-18)9-19-17-20-12-5-4-10(16(23)24-3)6-15(12)25-17/h4-6,9,21H,7-8H2,1-3H3/b19-9+. The van der Waals surface area contributed by atoms with Gasteiger partial charge < -0.3 is 9.84 Å². The average Bonchev–Trinajstić information content (AvgIpc) is 2.93. The van der Waals surface area contributed by atoms with E-state index in [0.717, 1.165) is 4.70 Å². The van der Waals surface area contributed by atoms with Gasteiger partial charge in [-0.25, -0.2) is 14.8 Å². The Balaban J connectivity index is 1.89. The van der Waals surface area contributed by atoms with Gasteiger partial charge in [-0.1, -0.05) is 25.2 Å². The summed E-state index contributed by atoms with van der Waals surface area (Å²) in [5, 5.41) is 10.6. The first-order valence-corrected chi connectivity index (χ1v) is 8.59. The van der Waals surface area contributed by atoms with Crippen LogP contribution in [0, 0.1) is 5.41 Å². The molecule has 0 radical (unpaired) electrons. The number of nitrogens with zero attached hydrogens (tertiary/aromatic N) is 2. The summed E-state index contributed by atoms with van der Waals surface area (Å²) in [6.45, 7) is 3.89. The predicted octanol–water partition coefficient (Wildman–Crippen LogP) is 3.99. The van der Waals surface area contributed by atoms with E-state index in [1.165, 1.54) is 24.7 Å². The molecule has 0 amide bonds. The third-order valence-corrected chi connectivity index (χ3v) is 4.92. The van der Waals surface area contributed by atoms with Crippen LogP contribution in [0.15, 0.2) is 34.5 Å². The SMILES string of the molecule is COC(=O)c1ccc2nc(/N=C/C3=C(O)CC(C)(C)CC3=O)sc2c1. The largest absolute Gasteiger partial charge is 0.511 e. The number of carbonyl (C=O) groups is 2. The molecule has 6 nitrogen and oxygen atoms in total. The summed E-state index contributed by atoms with van der Waals surface area (Å²) in [4.78, 5) is 32.4. The van der Waals surface area contributed by atoms with Gasteiger partial charge in [0.05, 0.1) is 28.5 Å². The van der Waals surface area contributed by atoms with Crippen LogP contribution in [0.4, 0.5) is 5.13 Å². The molecule has 0 spiro atoms. The minimum Gasteiger partial charge on any atom is -0.511 e. The van der Waals surface area contributed by atoms with Crippen molar-refractivity contribution in [2.75, 3.05) is 7.11 Å². The van der Waals surface area contributed by atoms with Crippen LogP contribution in [0.1, 0.15) is 37.0 Å². The highest BCUT2D eigenvalue weighted by Crippen LogP contribution is 2.35. The molecule has 1 aliphatic rings. The van der Waals surface area contributed by atoms with Crippen LogP contribution in [0.2, 0.25) is 0 Å². The third-order valence-electron chi connectivity index (χ3n) is 4.00. The fourth-order valence-electron chi connectivity index (χ4n) is 2.78. The number of rotatable bonds is 3. The second-order valence-electron chi connectivity index (χ2n) is 6.73. The maximum absolute atomic E-state index is 12.2. The van der Waals surface area contributed by atoms with Crippen molar-refractivity contribution in [2.45, 2.75) is 26.7 Å². The highest BCUT2D eigenvalue weighted by Gasteiger charge is 2.32. The molecule has 2 aromatic rings. The number of fused-ring (bicyclic) bond motifs is 1. The van der Waals surface area contributed by atoms with Gasteiger partial charge in [0.15, 0.2) is 5.78 Å². The Bertz CT molecular complexity index is 924. The number of esters is 1. The molecule has 130 valence electrons. The number of aliphatic hydroxyl groups is 1. The van der Waals surface area contributed by atoms with Crippen molar-refractivity contribution in [2.24, 2.45) is 10.4 Å². The zero-order valence-electron chi connectivity index (χ0n) is 14.2. The van der Waals surface area contributed by atoms with E-state index in [9.17, 15) is 14.7 Å². The summed E-state index contributed by atoms with van der Waals surface area (Å²) in [5.41, 5.74) is 1.16. The predicted molar refractivity (Wildman–Crippen MR) is 96.8 cm³/mol. The summed E-state index contributed by atoms with van der Waals surface area (Å²) in [5.74, 6) is -0.462. The van der Waals surface area contributed by atoms with Gasteiger partial charge in [0.1, 0.15) is 5.76 Å². The molecule has 1 heterocycles. The van der Waals surface area contributed by atoms with Crippen LogP contribution in [-0.2, 0) is 9.53 Å². The number of aliphatic imine (C=N–C) groups is 1. The van der Waals surface area contributed by atoms with Gasteiger partial charge in [0.2, 0.25) is 5.13 Å². The number of allylic oxidation sites excluding steroid dienone is 2. The molecule has 1 aromatic heterocycles. The number of hydrogen-bond acceptors (Lipinski definition) is 7. The first-order chi connectivity index (χ1) is 11.8. The van der Waals surface area contributed by atoms with Gasteiger partial charge in [-0.2, -0.15) is 0 Å². The summed E-state index contributed by atoms with van der Waals surface area (Å²) in [7, 11) is 1.33. The fourth-order valence-corrected chi connectivity index (χ4v) is 3.63. The molecule has 0 saturated carbocycles. The number of Topliss-reactive ketones (excluding diaryl/α,β-unsaturated/α-hetero) is 1. The molecular formula is C18H18N2O4S. The van der Waals surface area contributed by atoms with Crippen LogP contribution >= 0.6 is 11.3 Å². The first kappa shape index (κ1) is 17.3. The number of methoxy groups -OCH3 is 1. The summed E-state index contributed by atoms with van der Waals surface area (Å²) in [6, 6.07) is 5.06. The number of thiazole rings is 1. The van der Waals surface area contributed by atoms with Gasteiger partial charge in [-0.05, 0) is 23.6 Å². The summed E-state index contributed by atoms with van der Waals surface area (Å²) >= 11 is 1.30. The molecule has 7 heteroatoms. The van der Waals surface area contributed by atoms with E-state index in [-0.39, 0.29) is 22.5 Å². The third kappa shape index (κ3) is 3.61. The second-order valence-corrected chi connectivity index (χ2v) is 7.74. The van der Waals surface area contributed by atoms with Crippen molar-refractivity contribution in [3.05, 3.63) is 35.1 Å². The van der Waals surface area contributed by atoms with Crippen LogP contribution < -0.4 is 0 Å². The van der Waals surface area contributed by atoms with E-state index in [0.29, 0.717) is 29.1 Å². The number of hydrogen-bond donors (Lipinski definition) is 1. The molecule has 0 unspecified atom stereocenters. The molecule has 0 atom stereocenters. The molecule has 1 N–H and O–H groups in total. The van der Waals surface area contributed by atoms with Crippen molar-refractivity contribution < 1.29 is 19.4 Å². The van der Waals surface area contributed by atoms with Crippen molar-refractivity contribution in [3.8, 4) is 0 Å². The molecule has 1 aliphatic carbocycles. The van der Waals surface area contributed by atoms with Crippen LogP contribution in [-0.4, -0.2) is 35.2 Å². The lowest BCUT2D eigenvalue weighted by molar-refractivity contribution is -0.117. The zero-order valence-corrected chi connectivity index (χ0v) is 15.0. The number of carbonyl (C=O) groups excluding carboxylic acids is 2. The van der Waals surface area contributed by atoms with Crippen LogP contribution in [0.25, 0.3) is 10.2 Å². The van der Waals surface area contributed by atoms with E-state index in [1.54, 1.807) is 18.2 Å². The number of ketones is 1. The normalized spacial score (nSPS) is 17.5. The number of aliphatic hydroxyl groups excluding tert-OH is 1. The van der Waals surface area contributed by atoms with E-state index in [2.05, 4.69) is 9.98 Å². The molecule has 0 fully saturated rings. The molecular weight excluding hydrogens is 340 g/mol. The Labute approximate surface area is 148 Å². The van der Waals surface area contributed by atoms with E-state index in [4.69, 9.17) is 4.74 Å². The van der Waals surface area contributed by atoms with Gasteiger partial charge in [0, 0.05) is 19.1 Å². The topological polar surface area (TPSA) is 88.8 Å². The quantitative estimate of drug-likeness (QED) is 0.662. The average molecular weight is 358 g/mol. The number of benzene rings is 1. The molecule has 0 saturated heterocycles. The molecule has 3 rings (SSSR count). The molecule has 0 bridgehead atoms. The zero-order chi connectivity index (χ0) is 18.2. The first-order valence-electron chi connectivity index (χ1n) is 7.77. The maximum Gasteiger partial charge on any atom is 0.337 e. The Morgan fingerprint density at radius 3 is 2.84 bits per heavy atom. The summed E-state index contributed by atoms with van der Waals surface area (Å²) < 4.78 is 5.50. The van der Waals surface area contributed by atoms with E-state index < -0.39 is 5.97 Å². The lowest BCUT2D eigenvalue weighted by atomic mass is 9.77. The van der Waals surface area contributed by atoms with E-state index >= 15 is 0 Å². The smallest absolute Gasteiger partial charge is 0.337 e. The minimum atomic E-state index is -0.411. The number of aromatic nitrogens is 1. The van der Waals surface area contributed by atoms with Crippen molar-refractivity contribution in [3.63, 3.8) is 0 Å². The monoisotopic (exact) mass is 358 g/mol. The van der Waals surface area contributed by atoms with Gasteiger partial charge >= 0.3 is 5.97 Å². The Kier molecular flexibility index (Phi) is 4.43. The van der Waals surface area contributed by atoms with Gasteiger partial charge in [0.25, 0.3) is 0 Å². The lowest BCUT2D eigenvalue weighted by Gasteiger charge is -2.28. The van der Waals surface area contributed by atoms with Gasteiger partial charge in [-0.15, -0.1) is 0 Å². The Morgan fingerprint density at radius 1 is 1.40 bits per heavy atom. The highest BCUT2D eigenvalue weighted by molar-refractivity contribution is 7.22.